The number of carbonyl (C=O) groups is 2. The Morgan fingerprint density at radius 3 is 2.40 bits per heavy atom. The van der Waals surface area contributed by atoms with Gasteiger partial charge < -0.3 is 9.64 Å². The highest BCUT2D eigenvalue weighted by Gasteiger charge is 2.44. The molecule has 25 heavy (non-hydrogen) atoms. The maximum atomic E-state index is 12.4. The van der Waals surface area contributed by atoms with E-state index in [1.165, 1.54) is 21.8 Å². The van der Waals surface area contributed by atoms with Crippen LogP contribution in [0.2, 0.25) is 0 Å². The number of likely N-dealkylation sites (tertiary alicyclic amines) is 2. The number of ether oxygens (including phenoxy) is 1. The molecule has 0 saturated carbocycles. The van der Waals surface area contributed by atoms with Crippen LogP contribution in [0.4, 0.5) is 0 Å². The van der Waals surface area contributed by atoms with Gasteiger partial charge in [0, 0.05) is 6.54 Å². The number of quaternary nitrogens is 1. The van der Waals surface area contributed by atoms with E-state index in [0.29, 0.717) is 13.0 Å². The van der Waals surface area contributed by atoms with E-state index in [1.54, 1.807) is 7.11 Å². The molecule has 0 spiro atoms. The van der Waals surface area contributed by atoms with Crippen LogP contribution in [-0.4, -0.2) is 49.5 Å². The van der Waals surface area contributed by atoms with E-state index in [1.807, 2.05) is 19.1 Å². The second kappa shape index (κ2) is 8.00. The van der Waals surface area contributed by atoms with Gasteiger partial charge in [-0.15, -0.1) is 0 Å². The van der Waals surface area contributed by atoms with Crippen LogP contribution in [0.5, 0.6) is 5.75 Å². The first kappa shape index (κ1) is 17.9. The zero-order chi connectivity index (χ0) is 17.8. The minimum Gasteiger partial charge on any atom is -0.497 e. The zero-order valence-corrected chi connectivity index (χ0v) is 15.3. The molecule has 1 atom stereocenters. The van der Waals surface area contributed by atoms with Crippen LogP contribution >= 0.6 is 0 Å². The van der Waals surface area contributed by atoms with Crippen molar-refractivity contribution in [2.24, 2.45) is 5.92 Å². The Balaban J connectivity index is 1.45. The number of imide groups is 1. The fraction of sp³-hybridized carbons (Fsp3) is 0.600. The van der Waals surface area contributed by atoms with Gasteiger partial charge in [0.25, 0.3) is 5.91 Å². The topological polar surface area (TPSA) is 51.1 Å². The molecule has 0 radical (unpaired) electrons. The molecule has 2 fully saturated rings. The lowest BCUT2D eigenvalue weighted by Crippen LogP contribution is -3.17. The lowest BCUT2D eigenvalue weighted by atomic mass is 9.90. The standard InChI is InChI=1S/C20H28N2O3/c1-3-22-19(23)14-18(20(22)24)21-12-10-16(11-13-21)5-4-15-6-8-17(25-2)9-7-15/h6-9,16,18H,3-5,10-14H2,1-2H3/p+1/t18-/m0/s1. The molecule has 2 heterocycles. The van der Waals surface area contributed by atoms with Gasteiger partial charge >= 0.3 is 0 Å². The summed E-state index contributed by atoms with van der Waals surface area (Å²) in [5.41, 5.74) is 1.35. The number of hydrogen-bond donors (Lipinski definition) is 1. The molecule has 0 unspecified atom stereocenters. The number of hydrogen-bond acceptors (Lipinski definition) is 3. The van der Waals surface area contributed by atoms with Gasteiger partial charge in [-0.25, -0.2) is 0 Å². The number of methoxy groups -OCH3 is 1. The molecule has 2 amide bonds. The number of benzene rings is 1. The highest BCUT2D eigenvalue weighted by molar-refractivity contribution is 6.04. The third kappa shape index (κ3) is 4.03. The van der Waals surface area contributed by atoms with Gasteiger partial charge in [0.1, 0.15) is 5.75 Å². The quantitative estimate of drug-likeness (QED) is 0.785. The van der Waals surface area contributed by atoms with Crippen LogP contribution in [0.1, 0.15) is 38.2 Å². The van der Waals surface area contributed by atoms with Crippen LogP contribution in [0.3, 0.4) is 0 Å². The maximum absolute atomic E-state index is 12.4. The highest BCUT2D eigenvalue weighted by atomic mass is 16.5. The molecule has 2 aliphatic heterocycles. The van der Waals surface area contributed by atoms with E-state index in [-0.39, 0.29) is 17.9 Å². The molecule has 0 bridgehead atoms. The van der Waals surface area contributed by atoms with Gasteiger partial charge in [-0.3, -0.25) is 14.5 Å². The summed E-state index contributed by atoms with van der Waals surface area (Å²) in [6.07, 6.45) is 4.98. The first-order valence-corrected chi connectivity index (χ1v) is 9.44. The summed E-state index contributed by atoms with van der Waals surface area (Å²) in [4.78, 5) is 27.0. The van der Waals surface area contributed by atoms with Crippen molar-refractivity contribution in [2.75, 3.05) is 26.7 Å². The molecule has 2 aliphatic rings. The van der Waals surface area contributed by atoms with Crippen LogP contribution in [0.25, 0.3) is 0 Å². The average molecular weight is 345 g/mol. The van der Waals surface area contributed by atoms with Crippen molar-refractivity contribution >= 4 is 11.8 Å². The summed E-state index contributed by atoms with van der Waals surface area (Å²) in [7, 11) is 1.69. The van der Waals surface area contributed by atoms with E-state index in [0.717, 1.165) is 44.0 Å². The lowest BCUT2D eigenvalue weighted by molar-refractivity contribution is -0.921. The van der Waals surface area contributed by atoms with Crippen LogP contribution in [0, 0.1) is 5.92 Å². The van der Waals surface area contributed by atoms with Crippen molar-refractivity contribution in [1.82, 2.24) is 4.90 Å². The molecule has 5 nitrogen and oxygen atoms in total. The van der Waals surface area contributed by atoms with Crippen molar-refractivity contribution in [3.05, 3.63) is 29.8 Å². The Hall–Kier alpha value is -1.88. The molecule has 0 aromatic heterocycles. The number of aryl methyl sites for hydroxylation is 1. The second-order valence-corrected chi connectivity index (χ2v) is 7.22. The summed E-state index contributed by atoms with van der Waals surface area (Å²) in [6, 6.07) is 8.19. The van der Waals surface area contributed by atoms with E-state index >= 15 is 0 Å². The molecular weight excluding hydrogens is 316 g/mol. The Kier molecular flexibility index (Phi) is 5.74. The molecule has 1 N–H and O–H groups in total. The van der Waals surface area contributed by atoms with E-state index in [4.69, 9.17) is 4.74 Å². The maximum Gasteiger partial charge on any atom is 0.287 e. The van der Waals surface area contributed by atoms with Crippen molar-refractivity contribution in [1.29, 1.82) is 0 Å². The third-order valence-corrected chi connectivity index (χ3v) is 5.80. The molecule has 5 heteroatoms. The number of rotatable bonds is 6. The van der Waals surface area contributed by atoms with Crippen LogP contribution in [0.15, 0.2) is 24.3 Å². The Bertz CT molecular complexity index is 606. The van der Waals surface area contributed by atoms with Crippen LogP contribution in [-0.2, 0) is 16.0 Å². The van der Waals surface area contributed by atoms with Gasteiger partial charge in [-0.2, -0.15) is 0 Å². The molecule has 3 rings (SSSR count). The van der Waals surface area contributed by atoms with Gasteiger partial charge in [0.15, 0.2) is 6.04 Å². The number of carbonyl (C=O) groups excluding carboxylic acids is 2. The number of amides is 2. The highest BCUT2D eigenvalue weighted by Crippen LogP contribution is 2.20. The lowest BCUT2D eigenvalue weighted by Gasteiger charge is -2.32. The van der Waals surface area contributed by atoms with E-state index in [9.17, 15) is 9.59 Å². The largest absolute Gasteiger partial charge is 0.497 e. The van der Waals surface area contributed by atoms with E-state index < -0.39 is 0 Å². The normalized spacial score (nSPS) is 27.0. The predicted molar refractivity (Wildman–Crippen MR) is 95.5 cm³/mol. The fourth-order valence-corrected chi connectivity index (χ4v) is 4.18. The number of nitrogens with one attached hydrogen (secondary N) is 1. The summed E-state index contributed by atoms with van der Waals surface area (Å²) in [6.45, 7) is 4.40. The van der Waals surface area contributed by atoms with Crippen molar-refractivity contribution in [2.45, 2.75) is 45.1 Å². The predicted octanol–water partition coefficient (Wildman–Crippen LogP) is 1.07. The SMILES string of the molecule is CCN1C(=O)C[C@H]([NH+]2CCC(CCc3ccc(OC)cc3)CC2)C1=O. The van der Waals surface area contributed by atoms with Gasteiger partial charge in [0.2, 0.25) is 5.91 Å². The average Bonchev–Trinajstić information content (AvgIpc) is 2.94. The molecule has 2 saturated heterocycles. The smallest absolute Gasteiger partial charge is 0.287 e. The first-order valence-electron chi connectivity index (χ1n) is 9.44. The third-order valence-electron chi connectivity index (χ3n) is 5.80. The van der Waals surface area contributed by atoms with Crippen molar-refractivity contribution < 1.29 is 19.2 Å². The molecule has 1 aromatic carbocycles. The summed E-state index contributed by atoms with van der Waals surface area (Å²) < 4.78 is 5.20. The first-order chi connectivity index (χ1) is 12.1. The molecule has 1 aromatic rings. The van der Waals surface area contributed by atoms with Crippen LogP contribution < -0.4 is 9.64 Å². The molecular formula is C20H29N2O3+. The van der Waals surface area contributed by atoms with Gasteiger partial charge in [-0.05, 0) is 56.2 Å². The van der Waals surface area contributed by atoms with Gasteiger partial charge in [0.05, 0.1) is 26.6 Å². The van der Waals surface area contributed by atoms with Gasteiger partial charge in [-0.1, -0.05) is 12.1 Å². The monoisotopic (exact) mass is 345 g/mol. The Morgan fingerprint density at radius 1 is 1.16 bits per heavy atom. The Labute approximate surface area is 149 Å². The summed E-state index contributed by atoms with van der Waals surface area (Å²) in [5, 5.41) is 0. The fourth-order valence-electron chi connectivity index (χ4n) is 4.18. The number of nitrogens with zero attached hydrogens (tertiary/aromatic N) is 1. The Morgan fingerprint density at radius 2 is 1.84 bits per heavy atom. The second-order valence-electron chi connectivity index (χ2n) is 7.22. The minimum atomic E-state index is -0.130. The van der Waals surface area contributed by atoms with E-state index in [2.05, 4.69) is 12.1 Å². The minimum absolute atomic E-state index is 0.00614. The van der Waals surface area contributed by atoms with Crippen molar-refractivity contribution in [3.8, 4) is 5.75 Å². The number of piperidine rings is 1. The molecule has 136 valence electrons. The molecule has 0 aliphatic carbocycles. The summed E-state index contributed by atoms with van der Waals surface area (Å²) >= 11 is 0. The summed E-state index contributed by atoms with van der Waals surface area (Å²) in [5.74, 6) is 1.67. The number of likely N-dealkylation sites (N-methyl/N-ethyl adjacent to an activating group) is 1. The zero-order valence-electron chi connectivity index (χ0n) is 15.3. The van der Waals surface area contributed by atoms with Crippen molar-refractivity contribution in [3.63, 3.8) is 0 Å².